The second-order valence-corrected chi connectivity index (χ2v) is 8.78. The second kappa shape index (κ2) is 7.26. The van der Waals surface area contributed by atoms with Crippen LogP contribution in [0.25, 0.3) is 0 Å². The number of fused-ring (bicyclic) bond motifs is 1. The lowest BCUT2D eigenvalue weighted by Gasteiger charge is -2.05. The molecule has 1 amide bonds. The van der Waals surface area contributed by atoms with Crippen molar-refractivity contribution in [2.24, 2.45) is 0 Å². The van der Waals surface area contributed by atoms with Gasteiger partial charge in [-0.05, 0) is 36.4 Å². The van der Waals surface area contributed by atoms with Crippen LogP contribution in [0.2, 0.25) is 5.02 Å². The van der Waals surface area contributed by atoms with Gasteiger partial charge in [-0.25, -0.2) is 0 Å². The van der Waals surface area contributed by atoms with Crippen molar-refractivity contribution in [3.63, 3.8) is 0 Å². The molecule has 0 atom stereocenters. The van der Waals surface area contributed by atoms with E-state index in [1.807, 2.05) is 0 Å². The highest BCUT2D eigenvalue weighted by Gasteiger charge is 2.23. The molecule has 0 unspecified atom stereocenters. The predicted molar refractivity (Wildman–Crippen MR) is 103 cm³/mol. The molecule has 2 N–H and O–H groups in total. The van der Waals surface area contributed by atoms with Crippen LogP contribution in [0.1, 0.15) is 10.4 Å². The van der Waals surface area contributed by atoms with Gasteiger partial charge in [0.25, 0.3) is 20.3 Å². The molecule has 0 bridgehead atoms. The maximum Gasteiger partial charge on any atom is 0.291 e. The topological polar surface area (TPSA) is 120 Å². The quantitative estimate of drug-likeness (QED) is 0.587. The van der Waals surface area contributed by atoms with E-state index in [9.17, 15) is 13.2 Å². The number of hydrogen-bond acceptors (Lipinski definition) is 8. The Morgan fingerprint density at radius 2 is 1.82 bits per heavy atom. The minimum atomic E-state index is -3.99. The molecular weight excluding hydrogens is 428 g/mol. The Hall–Kier alpha value is -2.89. The summed E-state index contributed by atoms with van der Waals surface area (Å²) in [5.41, 5.74) is 0.633. The molecule has 4 rings (SSSR count). The molecule has 28 heavy (non-hydrogen) atoms. The number of carbonyl (C=O) groups is 1. The molecule has 12 heteroatoms. The third kappa shape index (κ3) is 3.86. The highest BCUT2D eigenvalue weighted by Crippen LogP contribution is 2.35. The molecule has 2 aromatic carbocycles. The Bertz CT molecular complexity index is 1150. The Balaban J connectivity index is 1.48. The van der Waals surface area contributed by atoms with Crippen molar-refractivity contribution in [3.8, 4) is 11.5 Å². The molecule has 0 fully saturated rings. The van der Waals surface area contributed by atoms with Gasteiger partial charge in [0.15, 0.2) is 11.5 Å². The van der Waals surface area contributed by atoms with Crippen LogP contribution in [-0.4, -0.2) is 31.3 Å². The normalized spacial score (nSPS) is 12.6. The summed E-state index contributed by atoms with van der Waals surface area (Å²) in [4.78, 5) is 12.2. The standard InChI is InChI=1S/C16H11ClN4O5S2/c17-10-3-1-9(2-4-10)14(22)18-15-19-20-16(27-15)28(23,24)21-11-5-6-12-13(7-11)26-8-25-12/h1-7,21H,8H2,(H,18,19,22). The Morgan fingerprint density at radius 3 is 2.61 bits per heavy atom. The molecule has 1 aromatic heterocycles. The van der Waals surface area contributed by atoms with Gasteiger partial charge in [0, 0.05) is 16.7 Å². The van der Waals surface area contributed by atoms with E-state index in [0.717, 1.165) is 11.3 Å². The van der Waals surface area contributed by atoms with Crippen molar-refractivity contribution < 1.29 is 22.7 Å². The van der Waals surface area contributed by atoms with Crippen LogP contribution in [-0.2, 0) is 10.0 Å². The van der Waals surface area contributed by atoms with Crippen LogP contribution in [0.5, 0.6) is 11.5 Å². The molecule has 3 aromatic rings. The van der Waals surface area contributed by atoms with Gasteiger partial charge in [-0.1, -0.05) is 22.9 Å². The van der Waals surface area contributed by atoms with Crippen LogP contribution in [0, 0.1) is 0 Å². The number of carbonyl (C=O) groups excluding carboxylic acids is 1. The molecule has 1 aliphatic rings. The van der Waals surface area contributed by atoms with E-state index in [1.54, 1.807) is 18.2 Å². The lowest BCUT2D eigenvalue weighted by Crippen LogP contribution is -2.12. The zero-order valence-electron chi connectivity index (χ0n) is 13.9. The van der Waals surface area contributed by atoms with Gasteiger partial charge < -0.3 is 9.47 Å². The summed E-state index contributed by atoms with van der Waals surface area (Å²) < 4.78 is 37.5. The highest BCUT2D eigenvalue weighted by atomic mass is 35.5. The lowest BCUT2D eigenvalue weighted by atomic mass is 10.2. The second-order valence-electron chi connectivity index (χ2n) is 5.51. The fraction of sp³-hybridized carbons (Fsp3) is 0.0625. The van der Waals surface area contributed by atoms with Crippen molar-refractivity contribution in [2.75, 3.05) is 16.8 Å². The van der Waals surface area contributed by atoms with Gasteiger partial charge in [0.1, 0.15) is 0 Å². The number of anilines is 2. The van der Waals surface area contributed by atoms with Crippen molar-refractivity contribution in [3.05, 3.63) is 53.1 Å². The van der Waals surface area contributed by atoms with Crippen LogP contribution >= 0.6 is 22.9 Å². The number of ether oxygens (including phenoxy) is 2. The Morgan fingerprint density at radius 1 is 1.07 bits per heavy atom. The third-order valence-corrected chi connectivity index (χ3v) is 6.43. The molecule has 0 saturated carbocycles. The molecule has 9 nitrogen and oxygen atoms in total. The van der Waals surface area contributed by atoms with Crippen LogP contribution in [0.4, 0.5) is 10.8 Å². The zero-order valence-corrected chi connectivity index (χ0v) is 16.3. The summed E-state index contributed by atoms with van der Waals surface area (Å²) in [6.45, 7) is 0.0820. The fourth-order valence-electron chi connectivity index (χ4n) is 2.30. The minimum absolute atomic E-state index is 0.0472. The van der Waals surface area contributed by atoms with Crippen molar-refractivity contribution in [1.29, 1.82) is 0 Å². The number of aromatic nitrogens is 2. The van der Waals surface area contributed by atoms with Crippen molar-refractivity contribution in [2.45, 2.75) is 4.34 Å². The molecule has 0 saturated heterocycles. The molecule has 0 aliphatic carbocycles. The smallest absolute Gasteiger partial charge is 0.291 e. The summed E-state index contributed by atoms with van der Waals surface area (Å²) in [5.74, 6) is 0.514. The van der Waals surface area contributed by atoms with Gasteiger partial charge >= 0.3 is 0 Å². The lowest BCUT2D eigenvalue weighted by molar-refractivity contribution is 0.102. The number of nitrogens with zero attached hydrogens (tertiary/aromatic N) is 2. The number of rotatable bonds is 5. The molecule has 2 heterocycles. The number of halogens is 1. The first-order valence-corrected chi connectivity index (χ1v) is 10.4. The molecule has 1 aliphatic heterocycles. The first kappa shape index (κ1) is 18.5. The molecule has 144 valence electrons. The predicted octanol–water partition coefficient (Wildman–Crippen LogP) is 2.97. The van der Waals surface area contributed by atoms with E-state index < -0.39 is 15.9 Å². The third-order valence-electron chi connectivity index (χ3n) is 3.59. The molecule has 0 spiro atoms. The number of hydrogen-bond donors (Lipinski definition) is 2. The average molecular weight is 439 g/mol. The average Bonchev–Trinajstić information content (AvgIpc) is 3.31. The largest absolute Gasteiger partial charge is 0.454 e. The first-order valence-electron chi connectivity index (χ1n) is 7.74. The number of amides is 1. The van der Waals surface area contributed by atoms with Gasteiger partial charge in [0.2, 0.25) is 11.9 Å². The summed E-state index contributed by atoms with van der Waals surface area (Å²) in [6, 6.07) is 10.9. The Labute approximate surface area is 168 Å². The monoisotopic (exact) mass is 438 g/mol. The van der Waals surface area contributed by atoms with Gasteiger partial charge in [-0.15, -0.1) is 10.2 Å². The Kier molecular flexibility index (Phi) is 4.79. The van der Waals surface area contributed by atoms with Crippen molar-refractivity contribution >= 4 is 49.7 Å². The summed E-state index contributed by atoms with van der Waals surface area (Å²) in [7, 11) is -3.99. The van der Waals surface area contributed by atoms with Crippen LogP contribution in [0.15, 0.2) is 46.8 Å². The van der Waals surface area contributed by atoms with E-state index in [1.165, 1.54) is 24.3 Å². The fourth-order valence-corrected chi connectivity index (χ4v) is 4.37. The van der Waals surface area contributed by atoms with Gasteiger partial charge in [0.05, 0.1) is 5.69 Å². The van der Waals surface area contributed by atoms with E-state index >= 15 is 0 Å². The number of benzene rings is 2. The maximum atomic E-state index is 12.5. The molecule has 0 radical (unpaired) electrons. The number of nitrogens with one attached hydrogen (secondary N) is 2. The van der Waals surface area contributed by atoms with E-state index in [-0.39, 0.29) is 22.0 Å². The molecular formula is C16H11ClN4O5S2. The zero-order chi connectivity index (χ0) is 19.7. The summed E-state index contributed by atoms with van der Waals surface area (Å²) in [6.07, 6.45) is 0. The minimum Gasteiger partial charge on any atom is -0.454 e. The van der Waals surface area contributed by atoms with Crippen LogP contribution in [0.3, 0.4) is 0 Å². The van der Waals surface area contributed by atoms with Crippen molar-refractivity contribution in [1.82, 2.24) is 10.2 Å². The van der Waals surface area contributed by atoms with Gasteiger partial charge in [-0.3, -0.25) is 14.8 Å². The summed E-state index contributed by atoms with van der Waals surface area (Å²) in [5, 5.41) is 10.4. The highest BCUT2D eigenvalue weighted by molar-refractivity contribution is 7.94. The first-order chi connectivity index (χ1) is 13.4. The van der Waals surface area contributed by atoms with Crippen LogP contribution < -0.4 is 19.5 Å². The maximum absolute atomic E-state index is 12.5. The SMILES string of the molecule is O=C(Nc1nnc(S(=O)(=O)Nc2ccc3c(c2)OCO3)s1)c1ccc(Cl)cc1. The van der Waals surface area contributed by atoms with E-state index in [2.05, 4.69) is 20.2 Å². The number of sulfonamides is 1. The summed E-state index contributed by atoms with van der Waals surface area (Å²) >= 11 is 6.51. The van der Waals surface area contributed by atoms with E-state index in [4.69, 9.17) is 21.1 Å². The van der Waals surface area contributed by atoms with Gasteiger partial charge in [-0.2, -0.15) is 8.42 Å². The van der Waals surface area contributed by atoms with E-state index in [0.29, 0.717) is 22.1 Å².